The predicted molar refractivity (Wildman–Crippen MR) is 63.5 cm³/mol. The second-order valence-electron chi connectivity index (χ2n) is 2.94. The van der Waals surface area contributed by atoms with E-state index in [4.69, 9.17) is 15.1 Å². The molecule has 0 aliphatic carbocycles. The average Bonchev–Trinajstić information content (AvgIpc) is 2.24. The van der Waals surface area contributed by atoms with Gasteiger partial charge in [0.15, 0.2) is 9.84 Å². The number of hydrogen-bond donors (Lipinski definition) is 3. The van der Waals surface area contributed by atoms with Crippen LogP contribution in [-0.2, 0) is 39.7 Å². The van der Waals surface area contributed by atoms with Crippen molar-refractivity contribution in [3.05, 3.63) is 10.8 Å². The summed E-state index contributed by atoms with van der Waals surface area (Å²) in [6.45, 7) is -0.928. The molecule has 3 N–H and O–H groups in total. The van der Waals surface area contributed by atoms with Crippen LogP contribution in [0.5, 0.6) is 0 Å². The van der Waals surface area contributed by atoms with E-state index in [1.165, 1.54) is 0 Å². The highest BCUT2D eigenvalue weighted by molar-refractivity contribution is 8.10. The van der Waals surface area contributed by atoms with E-state index in [-0.39, 0.29) is 6.61 Å². The van der Waals surface area contributed by atoms with Crippen molar-refractivity contribution in [3.63, 3.8) is 0 Å². The molecule has 18 heavy (non-hydrogen) atoms. The number of aliphatic hydroxyl groups excluding tert-OH is 1. The van der Waals surface area contributed by atoms with Crippen molar-refractivity contribution in [2.24, 2.45) is 0 Å². The Morgan fingerprint density at radius 3 is 2.44 bits per heavy atom. The van der Waals surface area contributed by atoms with Crippen LogP contribution in [0.3, 0.4) is 0 Å². The van der Waals surface area contributed by atoms with E-state index in [0.29, 0.717) is 10.8 Å². The van der Waals surface area contributed by atoms with Gasteiger partial charge in [0, 0.05) is 10.8 Å². The number of rotatable bonds is 9. The minimum atomic E-state index is -3.82. The minimum absolute atomic E-state index is 0.288. The summed E-state index contributed by atoms with van der Waals surface area (Å²) in [5.74, 6) is -0.503. The highest BCUT2D eigenvalue weighted by atomic mass is 32.3. The van der Waals surface area contributed by atoms with Gasteiger partial charge in [-0.2, -0.15) is 0 Å². The third kappa shape index (κ3) is 8.68. The topological polar surface area (TPSA) is 151 Å². The molecule has 0 amide bonds. The van der Waals surface area contributed by atoms with Crippen LogP contribution in [-0.4, -0.2) is 51.4 Å². The van der Waals surface area contributed by atoms with Gasteiger partial charge >= 0.3 is 0 Å². The van der Waals surface area contributed by atoms with Crippen molar-refractivity contribution in [2.75, 3.05) is 24.2 Å². The lowest BCUT2D eigenvalue weighted by molar-refractivity contribution is -0.122. The summed E-state index contributed by atoms with van der Waals surface area (Å²) in [6, 6.07) is 0. The van der Waals surface area contributed by atoms with Crippen LogP contribution in [0.2, 0.25) is 0 Å². The first-order valence-corrected chi connectivity index (χ1v) is 9.03. The van der Waals surface area contributed by atoms with E-state index in [1.54, 1.807) is 0 Å². The zero-order chi connectivity index (χ0) is 14.2. The normalized spacial score (nSPS) is 17.7. The molecule has 9 nitrogen and oxygen atoms in total. The molecule has 0 fully saturated rings. The minimum Gasteiger partial charge on any atom is -0.371 e. The maximum absolute atomic E-state index is 11.5. The molecule has 0 aromatic carbocycles. The Hall–Kier alpha value is -0.370. The van der Waals surface area contributed by atoms with Gasteiger partial charge in [-0.1, -0.05) is 0 Å². The summed E-state index contributed by atoms with van der Waals surface area (Å²) >= 11 is -2.29. The lowest BCUT2D eigenvalue weighted by atomic mass is 10.9. The van der Waals surface area contributed by atoms with Crippen LogP contribution in [0, 0.1) is 4.78 Å². The first kappa shape index (κ1) is 17.6. The quantitative estimate of drug-likeness (QED) is 0.211. The molecule has 0 aliphatic rings. The van der Waals surface area contributed by atoms with Gasteiger partial charge in [-0.25, -0.2) is 26.9 Å². The number of ether oxygens (including phenoxy) is 1. The fourth-order valence-corrected chi connectivity index (χ4v) is 5.20. The van der Waals surface area contributed by atoms with Gasteiger partial charge in [0.25, 0.3) is 0 Å². The standard InChI is InChI=1S/C6H13NO8S3/c7-17(11,4-2-16(10)15-9)6-18(12,13)3-1-14-5-8/h2,4,7-9H,1,3,5-6H2/b4-2+. The Morgan fingerprint density at radius 1 is 1.33 bits per heavy atom. The number of nitrogens with one attached hydrogen (secondary N) is 1. The first-order valence-electron chi connectivity index (χ1n) is 4.28. The molecule has 0 saturated carbocycles. The Bertz CT molecular complexity index is 493. The zero-order valence-electron chi connectivity index (χ0n) is 9.05. The van der Waals surface area contributed by atoms with Gasteiger partial charge in [-0.15, -0.1) is 4.33 Å². The maximum atomic E-state index is 11.5. The molecule has 0 saturated heterocycles. The molecule has 0 aromatic rings. The molecule has 12 heteroatoms. The Labute approximate surface area is 107 Å². The third-order valence-corrected chi connectivity index (χ3v) is 6.32. The smallest absolute Gasteiger partial charge is 0.213 e. The molecule has 0 radical (unpaired) electrons. The Balaban J connectivity index is 4.57. The van der Waals surface area contributed by atoms with E-state index < -0.39 is 48.3 Å². The lowest BCUT2D eigenvalue weighted by Crippen LogP contribution is -2.20. The van der Waals surface area contributed by atoms with Crippen LogP contribution in [0.25, 0.3) is 0 Å². The molecule has 0 aliphatic heterocycles. The largest absolute Gasteiger partial charge is 0.371 e. The van der Waals surface area contributed by atoms with Gasteiger partial charge in [-0.3, -0.25) is 0 Å². The van der Waals surface area contributed by atoms with Crippen molar-refractivity contribution in [2.45, 2.75) is 0 Å². The molecule has 0 bridgehead atoms. The maximum Gasteiger partial charge on any atom is 0.213 e. The second-order valence-corrected chi connectivity index (χ2v) is 8.44. The molecule has 0 rings (SSSR count). The lowest BCUT2D eigenvalue weighted by Gasteiger charge is -2.04. The summed E-state index contributed by atoms with van der Waals surface area (Å²) in [5.41, 5.74) is 0. The Kier molecular flexibility index (Phi) is 7.77. The van der Waals surface area contributed by atoms with Crippen LogP contribution >= 0.6 is 0 Å². The molecule has 0 heterocycles. The van der Waals surface area contributed by atoms with E-state index in [0.717, 1.165) is 0 Å². The van der Waals surface area contributed by atoms with Gasteiger partial charge in [-0.05, 0) is 0 Å². The van der Waals surface area contributed by atoms with Crippen LogP contribution in [0.1, 0.15) is 0 Å². The molecular formula is C6H13NO8S3. The van der Waals surface area contributed by atoms with E-state index in [1.807, 2.05) is 0 Å². The summed E-state index contributed by atoms with van der Waals surface area (Å²) in [6.07, 6.45) is 0. The predicted octanol–water partition coefficient (Wildman–Crippen LogP) is -1.00. The third-order valence-electron chi connectivity index (χ3n) is 1.44. The van der Waals surface area contributed by atoms with Crippen molar-refractivity contribution in [1.82, 2.24) is 0 Å². The van der Waals surface area contributed by atoms with Crippen molar-refractivity contribution < 1.29 is 36.3 Å². The number of aliphatic hydroxyl groups is 1. The van der Waals surface area contributed by atoms with E-state index in [2.05, 4.69) is 9.07 Å². The molecule has 108 valence electrons. The van der Waals surface area contributed by atoms with Crippen LogP contribution < -0.4 is 0 Å². The molecular weight excluding hydrogens is 310 g/mol. The van der Waals surface area contributed by atoms with Crippen molar-refractivity contribution >= 4 is 30.6 Å². The van der Waals surface area contributed by atoms with Gasteiger partial charge in [0.1, 0.15) is 11.9 Å². The van der Waals surface area contributed by atoms with Gasteiger partial charge in [0.2, 0.25) is 11.1 Å². The van der Waals surface area contributed by atoms with Gasteiger partial charge in [0.05, 0.1) is 22.1 Å². The monoisotopic (exact) mass is 323 g/mol. The molecule has 2 atom stereocenters. The van der Waals surface area contributed by atoms with E-state index in [9.17, 15) is 16.8 Å². The van der Waals surface area contributed by atoms with E-state index >= 15 is 0 Å². The fraction of sp³-hybridized carbons (Fsp3) is 0.667. The number of hydrogen-bond acceptors (Lipinski definition) is 9. The van der Waals surface area contributed by atoms with Crippen molar-refractivity contribution in [1.29, 1.82) is 4.78 Å². The molecule has 2 unspecified atom stereocenters. The summed E-state index contributed by atoms with van der Waals surface area (Å²) < 4.78 is 59.8. The number of sulfone groups is 1. The summed E-state index contributed by atoms with van der Waals surface area (Å²) in [5, 5.41) is 16.4. The molecule has 0 spiro atoms. The average molecular weight is 323 g/mol. The highest BCUT2D eigenvalue weighted by Crippen LogP contribution is 2.03. The van der Waals surface area contributed by atoms with Gasteiger partial charge < -0.3 is 9.84 Å². The van der Waals surface area contributed by atoms with Crippen LogP contribution in [0.4, 0.5) is 0 Å². The molecule has 0 aromatic heterocycles. The second kappa shape index (κ2) is 7.93. The zero-order valence-corrected chi connectivity index (χ0v) is 11.5. The highest BCUT2D eigenvalue weighted by Gasteiger charge is 2.17. The summed E-state index contributed by atoms with van der Waals surface area (Å²) in [4.78, 5) is 0. The van der Waals surface area contributed by atoms with Crippen LogP contribution in [0.15, 0.2) is 10.8 Å². The summed E-state index contributed by atoms with van der Waals surface area (Å²) in [7, 11) is -7.47. The SMILES string of the molecule is N=S(=O)(/C=C/S(=O)OO)CS(=O)(=O)CCOCO. The fourth-order valence-electron chi connectivity index (χ4n) is 0.775. The Morgan fingerprint density at radius 2 is 1.94 bits per heavy atom. The first-order chi connectivity index (χ1) is 8.22. The van der Waals surface area contributed by atoms with Crippen molar-refractivity contribution in [3.8, 4) is 0 Å².